The first-order chi connectivity index (χ1) is 14.2. The number of primary amides is 1. The van der Waals surface area contributed by atoms with Crippen LogP contribution in [-0.2, 0) is 23.9 Å². The van der Waals surface area contributed by atoms with Crippen molar-refractivity contribution in [3.63, 3.8) is 0 Å². The van der Waals surface area contributed by atoms with E-state index in [-0.39, 0.29) is 18.6 Å². The number of nitrogens with zero attached hydrogens (tertiary/aromatic N) is 2. The monoisotopic (exact) mass is 419 g/mol. The molecule has 1 aromatic carbocycles. The molecule has 2 amide bonds. The van der Waals surface area contributed by atoms with Gasteiger partial charge in [-0.2, -0.15) is 0 Å². The van der Waals surface area contributed by atoms with E-state index in [0.717, 1.165) is 0 Å². The predicted molar refractivity (Wildman–Crippen MR) is 99.7 cm³/mol. The summed E-state index contributed by atoms with van der Waals surface area (Å²) in [7, 11) is 1.43. The number of esters is 1. The molecule has 11 heteroatoms. The lowest BCUT2D eigenvalue weighted by Gasteiger charge is -2.49. The van der Waals surface area contributed by atoms with Crippen molar-refractivity contribution in [2.45, 2.75) is 37.6 Å². The van der Waals surface area contributed by atoms with Crippen molar-refractivity contribution in [1.29, 1.82) is 0 Å². The van der Waals surface area contributed by atoms with Crippen LogP contribution in [0.25, 0.3) is 0 Å². The number of methoxy groups -OCH3 is 1. The Labute approximate surface area is 171 Å². The summed E-state index contributed by atoms with van der Waals surface area (Å²) in [4.78, 5) is 54.7. The Morgan fingerprint density at radius 1 is 1.33 bits per heavy atom. The molecule has 30 heavy (non-hydrogen) atoms. The van der Waals surface area contributed by atoms with Gasteiger partial charge in [-0.05, 0) is 12.1 Å². The molecule has 3 aliphatic heterocycles. The van der Waals surface area contributed by atoms with E-state index in [1.165, 1.54) is 32.1 Å². The van der Waals surface area contributed by atoms with Crippen LogP contribution >= 0.6 is 0 Å². The standard InChI is InChI=1S/C19H21N3O8/c1-9(24)22-14-6-21-13-4-11(7-23)5-15(27-3)16(13)12(8-28-18(20)26)19(30-21,17(14)22)29-10(2)25/h4-5,7,12,14,17H,6,8H2,1-3H3,(H2,20,26)/t12-,14-,17-,19-,22?/m0/s1. The number of ether oxygens (including phenoxy) is 3. The first-order valence-electron chi connectivity index (χ1n) is 9.28. The molecule has 1 aromatic rings. The van der Waals surface area contributed by atoms with Crippen LogP contribution in [0.1, 0.15) is 35.7 Å². The van der Waals surface area contributed by atoms with Crippen LogP contribution in [0.3, 0.4) is 0 Å². The average Bonchev–Trinajstić information content (AvgIpc) is 3.42. The third kappa shape index (κ3) is 2.84. The number of hydroxylamine groups is 1. The third-order valence-electron chi connectivity index (χ3n) is 5.61. The van der Waals surface area contributed by atoms with Crippen molar-refractivity contribution >= 4 is 29.9 Å². The van der Waals surface area contributed by atoms with Gasteiger partial charge in [0.15, 0.2) is 0 Å². The van der Waals surface area contributed by atoms with Crippen molar-refractivity contribution in [1.82, 2.24) is 4.90 Å². The summed E-state index contributed by atoms with van der Waals surface area (Å²) in [5.41, 5.74) is 6.53. The van der Waals surface area contributed by atoms with Crippen molar-refractivity contribution in [3.05, 3.63) is 23.3 Å². The Bertz CT molecular complexity index is 950. The van der Waals surface area contributed by atoms with E-state index in [1.54, 1.807) is 11.0 Å². The highest BCUT2D eigenvalue weighted by atomic mass is 16.8. The molecule has 3 aliphatic rings. The van der Waals surface area contributed by atoms with Gasteiger partial charge in [0.1, 0.15) is 24.7 Å². The molecule has 11 nitrogen and oxygen atoms in total. The van der Waals surface area contributed by atoms with Crippen LogP contribution in [0, 0.1) is 0 Å². The minimum Gasteiger partial charge on any atom is -0.496 e. The molecule has 2 bridgehead atoms. The Kier molecular flexibility index (Phi) is 4.57. The second kappa shape index (κ2) is 6.87. The summed E-state index contributed by atoms with van der Waals surface area (Å²) >= 11 is 0. The molecule has 4 atom stereocenters. The number of aldehydes is 1. The van der Waals surface area contributed by atoms with Gasteiger partial charge < -0.3 is 24.8 Å². The SMILES string of the molecule is COc1cc(C=O)cc2c1[C@H](COC(N)=O)[C@]1(OC(C)=O)ON2C[C@H]2[C@@H]1N2C(C)=O. The Hall–Kier alpha value is -3.34. The fraction of sp³-hybridized carbons (Fsp3) is 0.474. The highest BCUT2D eigenvalue weighted by molar-refractivity contribution is 5.82. The first kappa shape index (κ1) is 20.0. The molecule has 2 fully saturated rings. The van der Waals surface area contributed by atoms with Crippen LogP contribution in [0.2, 0.25) is 0 Å². The minimum absolute atomic E-state index is 0.215. The van der Waals surface area contributed by atoms with Crippen LogP contribution in [-0.4, -0.2) is 67.3 Å². The van der Waals surface area contributed by atoms with Gasteiger partial charge in [-0.15, -0.1) is 0 Å². The molecule has 4 rings (SSSR count). The number of hydrogen-bond acceptors (Lipinski definition) is 9. The van der Waals surface area contributed by atoms with Gasteiger partial charge in [0.25, 0.3) is 5.79 Å². The summed E-state index contributed by atoms with van der Waals surface area (Å²) in [6.07, 6.45) is -0.357. The molecule has 2 N–H and O–H groups in total. The normalized spacial score (nSPS) is 28.0. The molecule has 2 saturated heterocycles. The number of hydrogen-bond donors (Lipinski definition) is 1. The number of amides is 2. The summed E-state index contributed by atoms with van der Waals surface area (Å²) in [5.74, 6) is -3.05. The highest BCUT2D eigenvalue weighted by Gasteiger charge is 2.73. The largest absolute Gasteiger partial charge is 0.496 e. The molecule has 0 saturated carbocycles. The van der Waals surface area contributed by atoms with Gasteiger partial charge in [-0.3, -0.25) is 14.4 Å². The maximum atomic E-state index is 12.2. The number of fused-ring (bicyclic) bond motifs is 6. The lowest BCUT2D eigenvalue weighted by molar-refractivity contribution is -0.265. The van der Waals surface area contributed by atoms with Gasteiger partial charge in [0.05, 0.1) is 31.3 Å². The Morgan fingerprint density at radius 3 is 2.63 bits per heavy atom. The smallest absolute Gasteiger partial charge is 0.404 e. The predicted octanol–water partition coefficient (Wildman–Crippen LogP) is 0.311. The molecule has 0 unspecified atom stereocenters. The fourth-order valence-electron chi connectivity index (χ4n) is 4.58. The average molecular weight is 419 g/mol. The zero-order chi connectivity index (χ0) is 21.8. The number of carbonyl (C=O) groups excluding carboxylic acids is 4. The molecule has 0 aliphatic carbocycles. The highest BCUT2D eigenvalue weighted by Crippen LogP contribution is 2.58. The molecular weight excluding hydrogens is 398 g/mol. The van der Waals surface area contributed by atoms with E-state index in [0.29, 0.717) is 35.4 Å². The summed E-state index contributed by atoms with van der Waals surface area (Å²) in [5, 5.41) is 1.48. The topological polar surface area (TPSA) is 137 Å². The zero-order valence-corrected chi connectivity index (χ0v) is 16.6. The van der Waals surface area contributed by atoms with Gasteiger partial charge >= 0.3 is 12.1 Å². The van der Waals surface area contributed by atoms with Gasteiger partial charge in [0, 0.05) is 25.0 Å². The zero-order valence-electron chi connectivity index (χ0n) is 16.6. The number of nitrogens with two attached hydrogens (primary N) is 1. The second-order valence-corrected chi connectivity index (χ2v) is 7.36. The maximum Gasteiger partial charge on any atom is 0.404 e. The summed E-state index contributed by atoms with van der Waals surface area (Å²) < 4.78 is 16.3. The molecular formula is C19H21N3O8. The van der Waals surface area contributed by atoms with Crippen molar-refractivity contribution in [2.75, 3.05) is 25.3 Å². The van der Waals surface area contributed by atoms with E-state index in [2.05, 4.69) is 0 Å². The molecule has 0 aromatic heterocycles. The van der Waals surface area contributed by atoms with Crippen LogP contribution in [0.4, 0.5) is 10.5 Å². The quantitative estimate of drug-likeness (QED) is 0.406. The molecule has 3 heterocycles. The van der Waals surface area contributed by atoms with Crippen molar-refractivity contribution in [3.8, 4) is 5.75 Å². The molecule has 160 valence electrons. The van der Waals surface area contributed by atoms with Gasteiger partial charge in [0.2, 0.25) is 5.91 Å². The van der Waals surface area contributed by atoms with Crippen LogP contribution in [0.15, 0.2) is 12.1 Å². The summed E-state index contributed by atoms with van der Waals surface area (Å²) in [6.45, 7) is 2.64. The first-order valence-corrected chi connectivity index (χ1v) is 9.28. The van der Waals surface area contributed by atoms with E-state index in [4.69, 9.17) is 24.8 Å². The van der Waals surface area contributed by atoms with E-state index >= 15 is 0 Å². The fourth-order valence-corrected chi connectivity index (χ4v) is 4.58. The second-order valence-electron chi connectivity index (χ2n) is 7.36. The van der Waals surface area contributed by atoms with E-state index in [9.17, 15) is 19.2 Å². The van der Waals surface area contributed by atoms with Crippen molar-refractivity contribution < 1.29 is 38.2 Å². The molecule has 0 spiro atoms. The number of benzene rings is 1. The van der Waals surface area contributed by atoms with Gasteiger partial charge in [-0.1, -0.05) is 0 Å². The lowest BCUT2D eigenvalue weighted by Crippen LogP contribution is -2.61. The van der Waals surface area contributed by atoms with E-state index in [1.807, 2.05) is 0 Å². The van der Waals surface area contributed by atoms with E-state index < -0.39 is 29.8 Å². The van der Waals surface area contributed by atoms with Crippen LogP contribution in [0.5, 0.6) is 5.75 Å². The third-order valence-corrected chi connectivity index (χ3v) is 5.61. The number of rotatable bonds is 5. The number of carbonyl (C=O) groups is 4. The van der Waals surface area contributed by atoms with Crippen molar-refractivity contribution in [2.24, 2.45) is 5.73 Å². The number of anilines is 1. The Morgan fingerprint density at radius 2 is 2.07 bits per heavy atom. The lowest BCUT2D eigenvalue weighted by atomic mass is 9.82. The minimum atomic E-state index is -1.65. The molecule has 0 radical (unpaired) electrons. The van der Waals surface area contributed by atoms with Gasteiger partial charge in [-0.25, -0.2) is 14.7 Å². The van der Waals surface area contributed by atoms with Crippen LogP contribution < -0.4 is 15.5 Å². The Balaban J connectivity index is 1.93. The summed E-state index contributed by atoms with van der Waals surface area (Å²) in [6, 6.07) is 2.26. The maximum absolute atomic E-state index is 12.2.